The van der Waals surface area contributed by atoms with Gasteiger partial charge in [-0.3, -0.25) is 0 Å². The number of hydrogen-bond donors (Lipinski definition) is 2. The molecule has 24 heavy (non-hydrogen) atoms. The van der Waals surface area contributed by atoms with Gasteiger partial charge < -0.3 is 9.88 Å². The summed E-state index contributed by atoms with van der Waals surface area (Å²) in [6.45, 7) is 5.08. The molecule has 130 valence electrons. The van der Waals surface area contributed by atoms with Gasteiger partial charge in [-0.05, 0) is 44.4 Å². The van der Waals surface area contributed by atoms with Gasteiger partial charge in [0.2, 0.25) is 10.0 Å². The molecule has 0 spiro atoms. The zero-order valence-electron chi connectivity index (χ0n) is 14.1. The van der Waals surface area contributed by atoms with Crippen LogP contribution >= 0.6 is 0 Å². The first-order valence-corrected chi connectivity index (χ1v) is 9.81. The SMILES string of the molecule is Cc1nccn1-c1ccc(CN[C@@H](C)CNS(=O)(=O)C2CC2)cc1. The van der Waals surface area contributed by atoms with Gasteiger partial charge in [0.25, 0.3) is 0 Å². The molecular weight excluding hydrogens is 324 g/mol. The Bertz CT molecular complexity index is 779. The summed E-state index contributed by atoms with van der Waals surface area (Å²) in [7, 11) is -3.10. The number of hydrogen-bond acceptors (Lipinski definition) is 4. The second-order valence-corrected chi connectivity index (χ2v) is 8.43. The molecule has 1 aromatic carbocycles. The second-order valence-electron chi connectivity index (χ2n) is 6.39. The van der Waals surface area contributed by atoms with Crippen molar-refractivity contribution < 1.29 is 8.42 Å². The van der Waals surface area contributed by atoms with Crippen LogP contribution in [0.5, 0.6) is 0 Å². The molecule has 1 atom stereocenters. The van der Waals surface area contributed by atoms with Crippen LogP contribution in [0.15, 0.2) is 36.7 Å². The number of sulfonamides is 1. The minimum absolute atomic E-state index is 0.0779. The van der Waals surface area contributed by atoms with Gasteiger partial charge >= 0.3 is 0 Å². The van der Waals surface area contributed by atoms with Crippen molar-refractivity contribution in [2.24, 2.45) is 0 Å². The molecule has 0 unspecified atom stereocenters. The molecule has 7 heteroatoms. The fourth-order valence-electron chi connectivity index (χ4n) is 2.53. The van der Waals surface area contributed by atoms with E-state index in [0.29, 0.717) is 13.1 Å². The summed E-state index contributed by atoms with van der Waals surface area (Å²) in [6.07, 6.45) is 5.31. The standard InChI is InChI=1S/C17H24N4O2S/c1-13(11-20-24(22,23)17-7-8-17)19-12-15-3-5-16(6-4-15)21-10-9-18-14(21)2/h3-6,9-10,13,17,19-20H,7-8,11-12H2,1-2H3/t13-/m0/s1. The maximum Gasteiger partial charge on any atom is 0.214 e. The maximum absolute atomic E-state index is 11.8. The van der Waals surface area contributed by atoms with Crippen LogP contribution < -0.4 is 10.0 Å². The van der Waals surface area contributed by atoms with Crippen molar-refractivity contribution in [3.05, 3.63) is 48.0 Å². The van der Waals surface area contributed by atoms with E-state index in [1.165, 1.54) is 0 Å². The molecule has 1 fully saturated rings. The van der Waals surface area contributed by atoms with Crippen LogP contribution in [0.3, 0.4) is 0 Å². The van der Waals surface area contributed by atoms with E-state index < -0.39 is 10.0 Å². The first-order valence-electron chi connectivity index (χ1n) is 8.27. The summed E-state index contributed by atoms with van der Waals surface area (Å²) >= 11 is 0. The minimum atomic E-state index is -3.10. The molecule has 0 bridgehead atoms. The molecule has 2 aromatic rings. The molecule has 0 amide bonds. The Balaban J connectivity index is 1.48. The van der Waals surface area contributed by atoms with Gasteiger partial charge in [-0.2, -0.15) is 0 Å². The van der Waals surface area contributed by atoms with E-state index in [2.05, 4.69) is 39.3 Å². The van der Waals surface area contributed by atoms with Crippen LogP contribution in [0.25, 0.3) is 5.69 Å². The molecule has 1 aliphatic carbocycles. The molecule has 1 aliphatic rings. The third-order valence-corrected chi connectivity index (χ3v) is 6.17. The van der Waals surface area contributed by atoms with Crippen molar-refractivity contribution in [3.8, 4) is 5.69 Å². The number of benzene rings is 1. The van der Waals surface area contributed by atoms with Crippen molar-refractivity contribution >= 4 is 10.0 Å². The minimum Gasteiger partial charge on any atom is -0.309 e. The lowest BCUT2D eigenvalue weighted by Gasteiger charge is -2.15. The van der Waals surface area contributed by atoms with Crippen molar-refractivity contribution in [1.29, 1.82) is 0 Å². The summed E-state index contributed by atoms with van der Waals surface area (Å²) in [5.41, 5.74) is 2.24. The largest absolute Gasteiger partial charge is 0.309 e. The Morgan fingerprint density at radius 2 is 2.00 bits per heavy atom. The average molecular weight is 348 g/mol. The number of nitrogens with one attached hydrogen (secondary N) is 2. The topological polar surface area (TPSA) is 76.0 Å². The lowest BCUT2D eigenvalue weighted by Crippen LogP contribution is -2.39. The van der Waals surface area contributed by atoms with Gasteiger partial charge in [-0.15, -0.1) is 0 Å². The van der Waals surface area contributed by atoms with E-state index in [1.54, 1.807) is 6.20 Å². The first kappa shape index (κ1) is 17.1. The zero-order chi connectivity index (χ0) is 17.2. The van der Waals surface area contributed by atoms with E-state index in [4.69, 9.17) is 0 Å². The van der Waals surface area contributed by atoms with E-state index in [0.717, 1.165) is 29.9 Å². The van der Waals surface area contributed by atoms with Crippen molar-refractivity contribution in [1.82, 2.24) is 19.6 Å². The highest BCUT2D eigenvalue weighted by Crippen LogP contribution is 2.27. The van der Waals surface area contributed by atoms with E-state index >= 15 is 0 Å². The lowest BCUT2D eigenvalue weighted by molar-refractivity contribution is 0.524. The van der Waals surface area contributed by atoms with Gasteiger partial charge in [-0.25, -0.2) is 18.1 Å². The highest BCUT2D eigenvalue weighted by molar-refractivity contribution is 7.90. The lowest BCUT2D eigenvalue weighted by atomic mass is 10.2. The third kappa shape index (κ3) is 4.23. The van der Waals surface area contributed by atoms with Crippen LogP contribution in [-0.4, -0.2) is 35.8 Å². The molecule has 1 aromatic heterocycles. The van der Waals surface area contributed by atoms with Gasteiger partial charge in [0, 0.05) is 37.2 Å². The zero-order valence-corrected chi connectivity index (χ0v) is 14.9. The Morgan fingerprint density at radius 3 is 2.58 bits per heavy atom. The number of rotatable bonds is 8. The average Bonchev–Trinajstić information content (AvgIpc) is 3.35. The van der Waals surface area contributed by atoms with Crippen LogP contribution in [-0.2, 0) is 16.6 Å². The number of nitrogens with zero attached hydrogens (tertiary/aromatic N) is 2. The number of aryl methyl sites for hydroxylation is 1. The number of aromatic nitrogens is 2. The van der Waals surface area contributed by atoms with Crippen molar-refractivity contribution in [2.75, 3.05) is 6.54 Å². The summed E-state index contributed by atoms with van der Waals surface area (Å²) in [5, 5.41) is 3.19. The highest BCUT2D eigenvalue weighted by Gasteiger charge is 2.35. The smallest absolute Gasteiger partial charge is 0.214 e. The molecule has 0 saturated heterocycles. The van der Waals surface area contributed by atoms with Gasteiger partial charge in [0.15, 0.2) is 0 Å². The molecule has 1 saturated carbocycles. The van der Waals surface area contributed by atoms with Crippen LogP contribution in [0.2, 0.25) is 0 Å². The third-order valence-electron chi connectivity index (χ3n) is 4.25. The predicted octanol–water partition coefficient (Wildman–Crippen LogP) is 1.74. The maximum atomic E-state index is 11.8. The molecule has 0 radical (unpaired) electrons. The van der Waals surface area contributed by atoms with Crippen LogP contribution in [0.1, 0.15) is 31.2 Å². The first-order chi connectivity index (χ1) is 11.5. The summed E-state index contributed by atoms with van der Waals surface area (Å²) in [5.74, 6) is 0.956. The van der Waals surface area contributed by atoms with Crippen molar-refractivity contribution in [3.63, 3.8) is 0 Å². The van der Waals surface area contributed by atoms with Crippen LogP contribution in [0, 0.1) is 6.92 Å². The fourth-order valence-corrected chi connectivity index (χ4v) is 4.00. The van der Waals surface area contributed by atoms with E-state index in [9.17, 15) is 8.42 Å². The van der Waals surface area contributed by atoms with E-state index in [1.807, 2.05) is 24.6 Å². The Morgan fingerprint density at radius 1 is 1.29 bits per heavy atom. The summed E-state index contributed by atoms with van der Waals surface area (Å²) in [4.78, 5) is 4.23. The molecule has 0 aliphatic heterocycles. The highest BCUT2D eigenvalue weighted by atomic mass is 32.2. The predicted molar refractivity (Wildman–Crippen MR) is 94.5 cm³/mol. The van der Waals surface area contributed by atoms with E-state index in [-0.39, 0.29) is 11.3 Å². The Hall–Kier alpha value is -1.70. The van der Waals surface area contributed by atoms with Gasteiger partial charge in [-0.1, -0.05) is 12.1 Å². The molecule has 1 heterocycles. The van der Waals surface area contributed by atoms with Crippen LogP contribution in [0.4, 0.5) is 0 Å². The molecule has 2 N–H and O–H groups in total. The van der Waals surface area contributed by atoms with Gasteiger partial charge in [0.05, 0.1) is 5.25 Å². The second kappa shape index (κ2) is 7.04. The summed E-state index contributed by atoms with van der Waals surface area (Å²) < 4.78 is 28.3. The Labute approximate surface area is 143 Å². The molecular formula is C17H24N4O2S. The number of imidazole rings is 1. The normalized spacial score (nSPS) is 16.2. The molecule has 6 nitrogen and oxygen atoms in total. The molecule has 3 rings (SSSR count). The van der Waals surface area contributed by atoms with Gasteiger partial charge in [0.1, 0.15) is 5.82 Å². The Kier molecular flexibility index (Phi) is 5.03. The monoisotopic (exact) mass is 348 g/mol. The summed E-state index contributed by atoms with van der Waals surface area (Å²) in [6, 6.07) is 8.35. The quantitative estimate of drug-likeness (QED) is 0.762. The van der Waals surface area contributed by atoms with Crippen molar-refractivity contribution in [2.45, 2.75) is 44.5 Å². The fraction of sp³-hybridized carbons (Fsp3) is 0.471.